The van der Waals surface area contributed by atoms with Gasteiger partial charge in [-0.15, -0.1) is 0 Å². The summed E-state index contributed by atoms with van der Waals surface area (Å²) in [6.45, 7) is 0. The van der Waals surface area contributed by atoms with E-state index in [2.05, 4.69) is 0 Å². The van der Waals surface area contributed by atoms with E-state index in [1.807, 2.05) is 0 Å². The van der Waals surface area contributed by atoms with Gasteiger partial charge in [-0.25, -0.2) is 39.5 Å². The van der Waals surface area contributed by atoms with Gasteiger partial charge in [0.2, 0.25) is 5.82 Å². The van der Waals surface area contributed by atoms with E-state index in [4.69, 9.17) is 5.26 Å². The fraction of sp³-hybridized carbons (Fsp3) is 0.188. The van der Waals surface area contributed by atoms with Crippen molar-refractivity contribution in [3.8, 4) is 6.07 Å². The molecule has 0 aromatic heterocycles. The zero-order valence-electron chi connectivity index (χ0n) is 13.8. The van der Waals surface area contributed by atoms with E-state index in [0.717, 1.165) is 0 Å². The lowest BCUT2D eigenvalue weighted by molar-refractivity contribution is -0.291. The molecule has 2 aromatic carbocycles. The summed E-state index contributed by atoms with van der Waals surface area (Å²) in [6.07, 6.45) is -6.77. The van der Waals surface area contributed by atoms with Crippen LogP contribution in [0.3, 0.4) is 0 Å². The van der Waals surface area contributed by atoms with E-state index in [-0.39, 0.29) is 0 Å². The highest BCUT2D eigenvalue weighted by molar-refractivity contribution is 5.45. The Morgan fingerprint density at radius 3 is 1.10 bits per heavy atom. The number of hydrogen-bond acceptors (Lipinski definition) is 1. The summed E-state index contributed by atoms with van der Waals surface area (Å²) in [4.78, 5) is 0. The SMILES string of the molecule is N#CC(c1c(F)c(F)c(F)c(F)c1F)c1c(F)c(F)c(C(F)(F)C(F)(F)F)c(F)c1F. The van der Waals surface area contributed by atoms with Crippen molar-refractivity contribution in [2.75, 3.05) is 0 Å². The number of benzene rings is 2. The predicted octanol–water partition coefficient (Wildman–Crippen LogP) is 6.25. The molecule has 15 heteroatoms. The third kappa shape index (κ3) is 3.43. The minimum Gasteiger partial charge on any atom is -0.203 e. The van der Waals surface area contributed by atoms with Gasteiger partial charge >= 0.3 is 12.1 Å². The van der Waals surface area contributed by atoms with E-state index in [1.165, 1.54) is 0 Å². The molecule has 0 N–H and O–H groups in total. The van der Waals surface area contributed by atoms with Gasteiger partial charge in [0.05, 0.1) is 17.2 Å². The van der Waals surface area contributed by atoms with Crippen LogP contribution >= 0.6 is 0 Å². The topological polar surface area (TPSA) is 23.8 Å². The molecule has 0 bridgehead atoms. The number of nitriles is 1. The zero-order valence-corrected chi connectivity index (χ0v) is 13.8. The van der Waals surface area contributed by atoms with Gasteiger partial charge in [-0.3, -0.25) is 0 Å². The Hall–Kier alpha value is -3.05. The molecule has 0 amide bonds. The fourth-order valence-electron chi connectivity index (χ4n) is 2.47. The Morgan fingerprint density at radius 2 is 0.806 bits per heavy atom. The van der Waals surface area contributed by atoms with Gasteiger partial charge < -0.3 is 0 Å². The first-order chi connectivity index (χ1) is 14.0. The second kappa shape index (κ2) is 7.57. The lowest BCUT2D eigenvalue weighted by Crippen LogP contribution is -2.36. The Labute approximate surface area is 161 Å². The molecule has 1 nitrogen and oxygen atoms in total. The van der Waals surface area contributed by atoms with Gasteiger partial charge in [0, 0.05) is 0 Å². The Bertz CT molecular complexity index is 1050. The molecule has 0 aliphatic heterocycles. The average Bonchev–Trinajstić information content (AvgIpc) is 2.67. The van der Waals surface area contributed by atoms with Crippen molar-refractivity contribution < 1.29 is 61.5 Å². The van der Waals surface area contributed by atoms with Crippen LogP contribution in [0.4, 0.5) is 61.5 Å². The molecule has 0 saturated heterocycles. The van der Waals surface area contributed by atoms with Crippen LogP contribution in [0.5, 0.6) is 0 Å². The molecule has 1 atom stereocenters. The van der Waals surface area contributed by atoms with Crippen molar-refractivity contribution in [2.45, 2.75) is 18.0 Å². The third-order valence-electron chi connectivity index (χ3n) is 3.92. The molecule has 0 radical (unpaired) electrons. The van der Waals surface area contributed by atoms with Crippen molar-refractivity contribution in [3.63, 3.8) is 0 Å². The van der Waals surface area contributed by atoms with Crippen molar-refractivity contribution in [2.24, 2.45) is 0 Å². The second-order valence-electron chi connectivity index (χ2n) is 5.66. The highest BCUT2D eigenvalue weighted by atomic mass is 19.4. The van der Waals surface area contributed by atoms with Gasteiger partial charge in [-0.2, -0.15) is 27.2 Å². The van der Waals surface area contributed by atoms with E-state index in [9.17, 15) is 61.5 Å². The van der Waals surface area contributed by atoms with E-state index in [1.54, 1.807) is 0 Å². The van der Waals surface area contributed by atoms with Crippen LogP contribution in [0.15, 0.2) is 0 Å². The van der Waals surface area contributed by atoms with Gasteiger partial charge in [0.15, 0.2) is 46.5 Å². The maximum absolute atomic E-state index is 14.1. The van der Waals surface area contributed by atoms with Crippen LogP contribution in [-0.4, -0.2) is 6.18 Å². The van der Waals surface area contributed by atoms with Gasteiger partial charge in [0.1, 0.15) is 11.5 Å². The lowest BCUT2D eigenvalue weighted by Gasteiger charge is -2.23. The molecule has 0 heterocycles. The molecule has 0 aliphatic rings. The van der Waals surface area contributed by atoms with E-state index >= 15 is 0 Å². The van der Waals surface area contributed by atoms with Crippen LogP contribution in [0.1, 0.15) is 22.6 Å². The molecule has 0 spiro atoms. The zero-order chi connectivity index (χ0) is 24.2. The minimum absolute atomic E-state index is 0.556. The summed E-state index contributed by atoms with van der Waals surface area (Å²) in [5.74, 6) is -37.1. The fourth-order valence-corrected chi connectivity index (χ4v) is 2.47. The molecule has 0 saturated carbocycles. The highest BCUT2D eigenvalue weighted by Crippen LogP contribution is 2.48. The lowest BCUT2D eigenvalue weighted by atomic mass is 9.88. The van der Waals surface area contributed by atoms with E-state index in [0.29, 0.717) is 6.07 Å². The Kier molecular flexibility index (Phi) is 5.92. The molecule has 168 valence electrons. The predicted molar refractivity (Wildman–Crippen MR) is 69.9 cm³/mol. The molecule has 1 unspecified atom stereocenters. The van der Waals surface area contributed by atoms with Crippen LogP contribution in [0.25, 0.3) is 0 Å². The average molecular weight is 473 g/mol. The smallest absolute Gasteiger partial charge is 0.203 e. The molecule has 2 rings (SSSR count). The first-order valence-electron chi connectivity index (χ1n) is 7.24. The standard InChI is InChI=1S/C16HF14N/c17-6-3(2(1-31)4-8(19)12(23)14(25)13(24)9(4)20)7(18)11(22)5(10(6)21)15(26,27)16(28,29)30/h2H. The Morgan fingerprint density at radius 1 is 0.516 bits per heavy atom. The summed E-state index contributed by atoms with van der Waals surface area (Å²) < 4.78 is 187. The molecule has 0 aliphatic carbocycles. The number of alkyl halides is 5. The van der Waals surface area contributed by atoms with Crippen LogP contribution in [0.2, 0.25) is 0 Å². The highest BCUT2D eigenvalue weighted by Gasteiger charge is 2.62. The largest absolute Gasteiger partial charge is 0.458 e. The monoisotopic (exact) mass is 473 g/mol. The summed E-state index contributed by atoms with van der Waals surface area (Å²) in [6, 6.07) is 0.556. The number of nitrogens with zero attached hydrogens (tertiary/aromatic N) is 1. The van der Waals surface area contributed by atoms with E-state index < -0.39 is 87.1 Å². The van der Waals surface area contributed by atoms with Crippen LogP contribution < -0.4 is 0 Å². The number of hydrogen-bond donors (Lipinski definition) is 0. The first-order valence-corrected chi connectivity index (χ1v) is 7.24. The molecule has 2 aromatic rings. The number of rotatable bonds is 3. The minimum atomic E-state index is -6.77. The quantitative estimate of drug-likeness (QED) is 0.294. The van der Waals surface area contributed by atoms with Gasteiger partial charge in [0.25, 0.3) is 0 Å². The van der Waals surface area contributed by atoms with Gasteiger partial charge in [-0.05, 0) is 0 Å². The van der Waals surface area contributed by atoms with Crippen molar-refractivity contribution in [1.82, 2.24) is 0 Å². The molecule has 0 fully saturated rings. The van der Waals surface area contributed by atoms with Crippen LogP contribution in [0, 0.1) is 63.7 Å². The second-order valence-corrected chi connectivity index (χ2v) is 5.66. The number of halogens is 14. The van der Waals surface area contributed by atoms with Crippen molar-refractivity contribution in [1.29, 1.82) is 5.26 Å². The summed E-state index contributed by atoms with van der Waals surface area (Å²) in [7, 11) is 0. The summed E-state index contributed by atoms with van der Waals surface area (Å²) >= 11 is 0. The summed E-state index contributed by atoms with van der Waals surface area (Å²) in [5, 5.41) is 8.89. The van der Waals surface area contributed by atoms with Gasteiger partial charge in [-0.1, -0.05) is 0 Å². The summed E-state index contributed by atoms with van der Waals surface area (Å²) in [5.41, 5.74) is -8.35. The van der Waals surface area contributed by atoms with Crippen LogP contribution in [-0.2, 0) is 5.92 Å². The normalized spacial score (nSPS) is 13.3. The maximum Gasteiger partial charge on any atom is 0.458 e. The maximum atomic E-state index is 14.1. The molecular weight excluding hydrogens is 472 g/mol. The van der Waals surface area contributed by atoms with Crippen molar-refractivity contribution in [3.05, 3.63) is 69.0 Å². The third-order valence-corrected chi connectivity index (χ3v) is 3.92. The van der Waals surface area contributed by atoms with Crippen molar-refractivity contribution >= 4 is 0 Å². The first kappa shape index (κ1) is 24.2. The Balaban J connectivity index is 2.96. The molecular formula is C16HF14N. The molecule has 31 heavy (non-hydrogen) atoms.